The Bertz CT molecular complexity index is 540. The van der Waals surface area contributed by atoms with Crippen LogP contribution in [0.1, 0.15) is 11.8 Å². The van der Waals surface area contributed by atoms with Gasteiger partial charge in [-0.1, -0.05) is 18.5 Å². The van der Waals surface area contributed by atoms with Gasteiger partial charge in [-0.25, -0.2) is 0 Å². The van der Waals surface area contributed by atoms with E-state index in [9.17, 15) is 9.59 Å². The molecule has 0 N–H and O–H groups in total. The van der Waals surface area contributed by atoms with E-state index in [1.54, 1.807) is 17.0 Å². The molecule has 1 aromatic heterocycles. The van der Waals surface area contributed by atoms with Crippen molar-refractivity contribution in [2.45, 2.75) is 6.92 Å². The van der Waals surface area contributed by atoms with Gasteiger partial charge in [0.15, 0.2) is 0 Å². The maximum absolute atomic E-state index is 12.1. The lowest BCUT2D eigenvalue weighted by molar-refractivity contribution is -0.146. The van der Waals surface area contributed by atoms with Gasteiger partial charge in [0.25, 0.3) is 0 Å². The number of thiophene rings is 1. The highest BCUT2D eigenvalue weighted by Gasteiger charge is 2.36. The Labute approximate surface area is 127 Å². The van der Waals surface area contributed by atoms with Crippen LogP contribution in [-0.2, 0) is 14.3 Å². The van der Waals surface area contributed by atoms with Gasteiger partial charge in [-0.15, -0.1) is 11.3 Å². The molecule has 4 nitrogen and oxygen atoms in total. The average Bonchev–Trinajstić information content (AvgIpc) is 3.01. The quantitative estimate of drug-likeness (QED) is 0.636. The molecule has 1 saturated heterocycles. The number of ether oxygens (including phenoxy) is 1. The van der Waals surface area contributed by atoms with Gasteiger partial charge in [0.2, 0.25) is 5.91 Å². The molecular formula is C14H16ClNO3S. The predicted octanol–water partition coefficient (Wildman–Crippen LogP) is 2.68. The predicted molar refractivity (Wildman–Crippen MR) is 79.6 cm³/mol. The van der Waals surface area contributed by atoms with Crippen LogP contribution in [0.5, 0.6) is 0 Å². The lowest BCUT2D eigenvalue weighted by Gasteiger charge is -2.13. The monoisotopic (exact) mass is 313 g/mol. The number of amides is 1. The van der Waals surface area contributed by atoms with Crippen LogP contribution in [-0.4, -0.2) is 37.0 Å². The fourth-order valence-electron chi connectivity index (χ4n) is 2.28. The number of carbonyl (C=O) groups is 2. The molecule has 1 aliphatic rings. The van der Waals surface area contributed by atoms with E-state index in [1.807, 2.05) is 13.0 Å². The van der Waals surface area contributed by atoms with Crippen molar-refractivity contribution in [1.82, 2.24) is 4.90 Å². The molecule has 0 bridgehead atoms. The number of esters is 1. The van der Waals surface area contributed by atoms with E-state index < -0.39 is 0 Å². The minimum atomic E-state index is -0.248. The Hall–Kier alpha value is -1.33. The van der Waals surface area contributed by atoms with Crippen molar-refractivity contribution in [3.8, 4) is 0 Å². The molecule has 6 heteroatoms. The largest absolute Gasteiger partial charge is 0.469 e. The molecule has 0 aliphatic carbocycles. The standard InChI is InChI=1S/C14H16ClNO3S/c1-9-7-16(8-11(9)14(18)19-2)13(17)6-4-10-3-5-12(15)20-10/h3-6,9,11H,7-8H2,1-2H3/b6-4+. The Balaban J connectivity index is 1.97. The zero-order valence-corrected chi connectivity index (χ0v) is 12.9. The van der Waals surface area contributed by atoms with Crippen LogP contribution >= 0.6 is 22.9 Å². The van der Waals surface area contributed by atoms with E-state index in [2.05, 4.69) is 0 Å². The van der Waals surface area contributed by atoms with Gasteiger partial charge < -0.3 is 9.64 Å². The lowest BCUT2D eigenvalue weighted by atomic mass is 9.99. The topological polar surface area (TPSA) is 46.6 Å². The molecule has 1 aromatic rings. The summed E-state index contributed by atoms with van der Waals surface area (Å²) in [5.41, 5.74) is 0. The first kappa shape index (κ1) is 15.1. The van der Waals surface area contributed by atoms with Crippen LogP contribution in [0.15, 0.2) is 18.2 Å². The van der Waals surface area contributed by atoms with Gasteiger partial charge in [0, 0.05) is 24.0 Å². The highest BCUT2D eigenvalue weighted by Crippen LogP contribution is 2.25. The maximum atomic E-state index is 12.1. The summed E-state index contributed by atoms with van der Waals surface area (Å²) in [5.74, 6) is -0.445. The fraction of sp³-hybridized carbons (Fsp3) is 0.429. The molecule has 0 aromatic carbocycles. The van der Waals surface area contributed by atoms with Crippen molar-refractivity contribution in [1.29, 1.82) is 0 Å². The number of hydrogen-bond donors (Lipinski definition) is 0. The number of rotatable bonds is 3. The van der Waals surface area contributed by atoms with Crippen molar-refractivity contribution >= 4 is 40.9 Å². The summed E-state index contributed by atoms with van der Waals surface area (Å²) < 4.78 is 5.45. The first-order chi connectivity index (χ1) is 9.51. The molecule has 1 aliphatic heterocycles. The second-order valence-electron chi connectivity index (χ2n) is 4.83. The molecule has 2 unspecified atom stereocenters. The van der Waals surface area contributed by atoms with Gasteiger partial charge >= 0.3 is 5.97 Å². The highest BCUT2D eigenvalue weighted by atomic mass is 35.5. The van der Waals surface area contributed by atoms with Crippen molar-refractivity contribution in [2.75, 3.05) is 20.2 Å². The van der Waals surface area contributed by atoms with Gasteiger partial charge in [0.05, 0.1) is 17.4 Å². The molecule has 0 spiro atoms. The Kier molecular flexibility index (Phi) is 4.83. The van der Waals surface area contributed by atoms with Crippen LogP contribution in [0.2, 0.25) is 4.34 Å². The molecule has 2 atom stereocenters. The summed E-state index contributed by atoms with van der Waals surface area (Å²) in [4.78, 5) is 26.3. The molecule has 0 saturated carbocycles. The summed E-state index contributed by atoms with van der Waals surface area (Å²) >= 11 is 7.25. The number of methoxy groups -OCH3 is 1. The zero-order chi connectivity index (χ0) is 14.7. The third kappa shape index (κ3) is 3.41. The third-order valence-electron chi connectivity index (χ3n) is 3.41. The summed E-state index contributed by atoms with van der Waals surface area (Å²) in [6, 6.07) is 3.65. The van der Waals surface area contributed by atoms with Crippen LogP contribution in [0.4, 0.5) is 0 Å². The van der Waals surface area contributed by atoms with Crippen LogP contribution in [0.3, 0.4) is 0 Å². The van der Waals surface area contributed by atoms with Crippen LogP contribution in [0.25, 0.3) is 6.08 Å². The molecule has 1 fully saturated rings. The number of nitrogens with zero attached hydrogens (tertiary/aromatic N) is 1. The number of hydrogen-bond acceptors (Lipinski definition) is 4. The summed E-state index contributed by atoms with van der Waals surface area (Å²) in [6.07, 6.45) is 3.27. The van der Waals surface area contributed by atoms with Crippen molar-refractivity contribution in [3.63, 3.8) is 0 Å². The van der Waals surface area contributed by atoms with E-state index in [-0.39, 0.29) is 23.7 Å². The fourth-order valence-corrected chi connectivity index (χ4v) is 3.25. The normalized spacial score (nSPS) is 22.4. The number of carbonyl (C=O) groups excluding carboxylic acids is 2. The molecular weight excluding hydrogens is 298 g/mol. The second kappa shape index (κ2) is 6.41. The zero-order valence-electron chi connectivity index (χ0n) is 11.3. The lowest BCUT2D eigenvalue weighted by Crippen LogP contribution is -2.28. The number of likely N-dealkylation sites (tertiary alicyclic amines) is 1. The van der Waals surface area contributed by atoms with Crippen molar-refractivity contribution < 1.29 is 14.3 Å². The van der Waals surface area contributed by atoms with E-state index in [4.69, 9.17) is 16.3 Å². The smallest absolute Gasteiger partial charge is 0.310 e. The summed E-state index contributed by atoms with van der Waals surface area (Å²) in [5, 5.41) is 0. The molecule has 0 radical (unpaired) electrons. The summed E-state index contributed by atoms with van der Waals surface area (Å²) in [6.45, 7) is 2.95. The highest BCUT2D eigenvalue weighted by molar-refractivity contribution is 7.17. The number of halogens is 1. The maximum Gasteiger partial charge on any atom is 0.310 e. The molecule has 108 valence electrons. The molecule has 20 heavy (non-hydrogen) atoms. The molecule has 2 heterocycles. The minimum Gasteiger partial charge on any atom is -0.469 e. The first-order valence-corrected chi connectivity index (χ1v) is 7.51. The molecule has 2 rings (SSSR count). The average molecular weight is 314 g/mol. The third-order valence-corrected chi connectivity index (χ3v) is 4.61. The Morgan fingerprint density at radius 2 is 2.20 bits per heavy atom. The second-order valence-corrected chi connectivity index (χ2v) is 6.57. The van der Waals surface area contributed by atoms with Gasteiger partial charge in [-0.3, -0.25) is 9.59 Å². The van der Waals surface area contributed by atoms with E-state index in [0.29, 0.717) is 17.4 Å². The summed E-state index contributed by atoms with van der Waals surface area (Å²) in [7, 11) is 1.37. The van der Waals surface area contributed by atoms with Crippen LogP contribution in [0, 0.1) is 11.8 Å². The van der Waals surface area contributed by atoms with Crippen molar-refractivity contribution in [3.05, 3.63) is 27.4 Å². The van der Waals surface area contributed by atoms with Gasteiger partial charge in [-0.2, -0.15) is 0 Å². The minimum absolute atomic E-state index is 0.0900. The van der Waals surface area contributed by atoms with Crippen molar-refractivity contribution in [2.24, 2.45) is 11.8 Å². The van der Waals surface area contributed by atoms with E-state index in [0.717, 1.165) is 4.88 Å². The van der Waals surface area contributed by atoms with E-state index >= 15 is 0 Å². The molecule has 1 amide bonds. The van der Waals surface area contributed by atoms with E-state index in [1.165, 1.54) is 24.5 Å². The van der Waals surface area contributed by atoms with Gasteiger partial charge in [-0.05, 0) is 24.1 Å². The Morgan fingerprint density at radius 3 is 2.80 bits per heavy atom. The first-order valence-electron chi connectivity index (χ1n) is 6.31. The SMILES string of the molecule is COC(=O)C1CN(C(=O)/C=C/c2ccc(Cl)s2)CC1C. The Morgan fingerprint density at radius 1 is 1.45 bits per heavy atom. The van der Waals surface area contributed by atoms with Crippen LogP contribution < -0.4 is 0 Å². The van der Waals surface area contributed by atoms with Gasteiger partial charge in [0.1, 0.15) is 0 Å².